The van der Waals surface area contributed by atoms with Crippen molar-refractivity contribution >= 4 is 11.9 Å². The standard InChI is InChI=1S/C16H21N3O4/c1-17-16(21)18-15(20)10-19-6-2-3-12(19)11-4-5-13-14(9-11)23-8-7-22-13/h4-5,9,12H,2-3,6-8,10H2,1H3,(H2,17,18,20,21)/t12-/m1/s1. The maximum absolute atomic E-state index is 11.9. The van der Waals surface area contributed by atoms with Gasteiger partial charge in [-0.15, -0.1) is 0 Å². The molecule has 1 fully saturated rings. The fourth-order valence-corrected chi connectivity index (χ4v) is 3.07. The van der Waals surface area contributed by atoms with Gasteiger partial charge in [0.1, 0.15) is 13.2 Å². The van der Waals surface area contributed by atoms with Crippen LogP contribution in [0, 0.1) is 0 Å². The van der Waals surface area contributed by atoms with Gasteiger partial charge in [0.2, 0.25) is 5.91 Å². The molecule has 2 heterocycles. The summed E-state index contributed by atoms with van der Waals surface area (Å²) in [6.07, 6.45) is 2.00. The van der Waals surface area contributed by atoms with Gasteiger partial charge in [-0.05, 0) is 37.1 Å². The summed E-state index contributed by atoms with van der Waals surface area (Å²) in [5, 5.41) is 4.68. The lowest BCUT2D eigenvalue weighted by Gasteiger charge is -2.26. The van der Waals surface area contributed by atoms with E-state index in [-0.39, 0.29) is 18.5 Å². The van der Waals surface area contributed by atoms with Gasteiger partial charge in [-0.3, -0.25) is 15.0 Å². The molecule has 1 saturated heterocycles. The number of hydrogen-bond donors (Lipinski definition) is 2. The molecule has 3 rings (SSSR count). The number of nitrogens with zero attached hydrogens (tertiary/aromatic N) is 1. The lowest BCUT2D eigenvalue weighted by molar-refractivity contribution is -0.121. The molecule has 7 heteroatoms. The molecule has 0 spiro atoms. The molecule has 0 unspecified atom stereocenters. The van der Waals surface area contributed by atoms with Crippen molar-refractivity contribution in [3.8, 4) is 11.5 Å². The Morgan fingerprint density at radius 3 is 2.83 bits per heavy atom. The first-order valence-electron chi connectivity index (χ1n) is 7.82. The van der Waals surface area contributed by atoms with Crippen molar-refractivity contribution in [3.05, 3.63) is 23.8 Å². The summed E-state index contributed by atoms with van der Waals surface area (Å²) in [6.45, 7) is 2.16. The molecule has 1 aromatic carbocycles. The fraction of sp³-hybridized carbons (Fsp3) is 0.500. The molecule has 23 heavy (non-hydrogen) atoms. The SMILES string of the molecule is CNC(=O)NC(=O)CN1CCC[C@@H]1c1ccc2c(c1)OCCO2. The first-order chi connectivity index (χ1) is 11.2. The van der Waals surface area contributed by atoms with Crippen LogP contribution in [0.5, 0.6) is 11.5 Å². The number of fused-ring (bicyclic) bond motifs is 1. The normalized spacial score (nSPS) is 20.1. The Kier molecular flexibility index (Phi) is 4.66. The fourth-order valence-electron chi connectivity index (χ4n) is 3.07. The summed E-state index contributed by atoms with van der Waals surface area (Å²) < 4.78 is 11.2. The highest BCUT2D eigenvalue weighted by Gasteiger charge is 2.29. The van der Waals surface area contributed by atoms with Crippen molar-refractivity contribution in [3.63, 3.8) is 0 Å². The Bertz CT molecular complexity index is 605. The maximum Gasteiger partial charge on any atom is 0.321 e. The van der Waals surface area contributed by atoms with E-state index < -0.39 is 6.03 Å². The molecule has 0 saturated carbocycles. The number of hydrogen-bond acceptors (Lipinski definition) is 5. The Hall–Kier alpha value is -2.28. The van der Waals surface area contributed by atoms with Crippen LogP contribution in [0.4, 0.5) is 4.79 Å². The van der Waals surface area contributed by atoms with Gasteiger partial charge >= 0.3 is 6.03 Å². The number of likely N-dealkylation sites (tertiary alicyclic amines) is 1. The van der Waals surface area contributed by atoms with Crippen LogP contribution in [0.3, 0.4) is 0 Å². The molecular formula is C16H21N3O4. The predicted octanol–water partition coefficient (Wildman–Crippen LogP) is 1.05. The Morgan fingerprint density at radius 1 is 1.26 bits per heavy atom. The Labute approximate surface area is 134 Å². The smallest absolute Gasteiger partial charge is 0.321 e. The maximum atomic E-state index is 11.9. The Morgan fingerprint density at radius 2 is 2.04 bits per heavy atom. The van der Waals surface area contributed by atoms with Crippen LogP contribution in [-0.4, -0.2) is 50.2 Å². The summed E-state index contributed by atoms with van der Waals surface area (Å²) in [4.78, 5) is 25.2. The third kappa shape index (κ3) is 3.56. The van der Waals surface area contributed by atoms with Gasteiger partial charge in [0.25, 0.3) is 0 Å². The van der Waals surface area contributed by atoms with Crippen molar-refractivity contribution in [2.45, 2.75) is 18.9 Å². The molecule has 2 N–H and O–H groups in total. The second-order valence-corrected chi connectivity index (χ2v) is 5.66. The zero-order chi connectivity index (χ0) is 16.2. The summed E-state index contributed by atoms with van der Waals surface area (Å²) in [6, 6.07) is 5.61. The minimum Gasteiger partial charge on any atom is -0.486 e. The van der Waals surface area contributed by atoms with Gasteiger partial charge in [0.05, 0.1) is 6.54 Å². The number of benzene rings is 1. The van der Waals surface area contributed by atoms with E-state index in [0.29, 0.717) is 13.2 Å². The van der Waals surface area contributed by atoms with Crippen LogP contribution in [0.15, 0.2) is 18.2 Å². The molecule has 124 valence electrons. The second kappa shape index (κ2) is 6.87. The summed E-state index contributed by atoms with van der Waals surface area (Å²) in [7, 11) is 1.48. The predicted molar refractivity (Wildman–Crippen MR) is 83.6 cm³/mol. The molecular weight excluding hydrogens is 298 g/mol. The van der Waals surface area contributed by atoms with Crippen molar-refractivity contribution in [2.24, 2.45) is 0 Å². The van der Waals surface area contributed by atoms with Crippen LogP contribution in [0.25, 0.3) is 0 Å². The van der Waals surface area contributed by atoms with E-state index in [1.54, 1.807) is 0 Å². The van der Waals surface area contributed by atoms with Crippen molar-refractivity contribution in [1.82, 2.24) is 15.5 Å². The summed E-state index contributed by atoms with van der Waals surface area (Å²) >= 11 is 0. The molecule has 0 bridgehead atoms. The number of rotatable bonds is 3. The third-order valence-electron chi connectivity index (χ3n) is 4.14. The summed E-state index contributed by atoms with van der Waals surface area (Å²) in [5.41, 5.74) is 1.11. The highest BCUT2D eigenvalue weighted by Crippen LogP contribution is 2.37. The molecule has 0 aliphatic carbocycles. The van der Waals surface area contributed by atoms with Crippen LogP contribution >= 0.6 is 0 Å². The van der Waals surface area contributed by atoms with E-state index in [1.807, 2.05) is 18.2 Å². The van der Waals surface area contributed by atoms with Gasteiger partial charge in [0.15, 0.2) is 11.5 Å². The van der Waals surface area contributed by atoms with Gasteiger partial charge < -0.3 is 14.8 Å². The zero-order valence-electron chi connectivity index (χ0n) is 13.1. The molecule has 1 atom stereocenters. The lowest BCUT2D eigenvalue weighted by Crippen LogP contribution is -2.43. The van der Waals surface area contributed by atoms with Crippen molar-refractivity contribution in [2.75, 3.05) is 33.4 Å². The number of amides is 3. The number of imide groups is 1. The second-order valence-electron chi connectivity index (χ2n) is 5.66. The highest BCUT2D eigenvalue weighted by atomic mass is 16.6. The van der Waals surface area contributed by atoms with Crippen molar-refractivity contribution < 1.29 is 19.1 Å². The average Bonchev–Trinajstić information content (AvgIpc) is 3.02. The molecule has 3 amide bonds. The highest BCUT2D eigenvalue weighted by molar-refractivity contribution is 5.95. The number of carbonyl (C=O) groups excluding carboxylic acids is 2. The molecule has 0 radical (unpaired) electrons. The van der Waals surface area contributed by atoms with Gasteiger partial charge in [-0.25, -0.2) is 4.79 Å². The van der Waals surface area contributed by atoms with Crippen LogP contribution in [-0.2, 0) is 4.79 Å². The largest absolute Gasteiger partial charge is 0.486 e. The lowest BCUT2D eigenvalue weighted by atomic mass is 10.0. The Balaban J connectivity index is 1.69. The topological polar surface area (TPSA) is 79.9 Å². The van der Waals surface area contributed by atoms with E-state index in [1.165, 1.54) is 7.05 Å². The molecule has 1 aromatic rings. The average molecular weight is 319 g/mol. The minimum atomic E-state index is -0.481. The van der Waals surface area contributed by atoms with Gasteiger partial charge in [-0.2, -0.15) is 0 Å². The molecule has 2 aliphatic rings. The van der Waals surface area contributed by atoms with Crippen LogP contribution in [0.2, 0.25) is 0 Å². The molecule has 0 aromatic heterocycles. The minimum absolute atomic E-state index is 0.154. The van der Waals surface area contributed by atoms with E-state index in [4.69, 9.17) is 9.47 Å². The van der Waals surface area contributed by atoms with E-state index in [2.05, 4.69) is 15.5 Å². The molecule has 2 aliphatic heterocycles. The third-order valence-corrected chi connectivity index (χ3v) is 4.14. The number of nitrogens with one attached hydrogen (secondary N) is 2. The van der Waals surface area contributed by atoms with Gasteiger partial charge in [-0.1, -0.05) is 6.07 Å². The van der Waals surface area contributed by atoms with Crippen LogP contribution < -0.4 is 20.1 Å². The monoisotopic (exact) mass is 319 g/mol. The van der Waals surface area contributed by atoms with Gasteiger partial charge in [0, 0.05) is 13.1 Å². The van der Waals surface area contributed by atoms with Crippen LogP contribution in [0.1, 0.15) is 24.4 Å². The summed E-state index contributed by atoms with van der Waals surface area (Å²) in [5.74, 6) is 1.23. The first-order valence-corrected chi connectivity index (χ1v) is 7.82. The molecule has 7 nitrogen and oxygen atoms in total. The zero-order valence-corrected chi connectivity index (χ0v) is 13.1. The number of urea groups is 1. The van der Waals surface area contributed by atoms with E-state index in [0.717, 1.165) is 36.4 Å². The first kappa shape index (κ1) is 15.6. The van der Waals surface area contributed by atoms with E-state index >= 15 is 0 Å². The van der Waals surface area contributed by atoms with E-state index in [9.17, 15) is 9.59 Å². The quantitative estimate of drug-likeness (QED) is 0.870. The van der Waals surface area contributed by atoms with Crippen molar-refractivity contribution in [1.29, 1.82) is 0 Å². The number of ether oxygens (including phenoxy) is 2. The number of carbonyl (C=O) groups is 2.